The highest BCUT2D eigenvalue weighted by molar-refractivity contribution is 5.89. The van der Waals surface area contributed by atoms with Crippen molar-refractivity contribution < 1.29 is 9.53 Å². The molecule has 1 rings (SSSR count). The molecular weight excluding hydrogens is 242 g/mol. The Hall–Kier alpha value is -2.22. The maximum absolute atomic E-state index is 11.6. The number of nitrogens with zero attached hydrogens (tertiary/aromatic N) is 1. The molecule has 0 aromatic heterocycles. The number of ether oxygens (including phenoxy) is 1. The Morgan fingerprint density at radius 1 is 1.53 bits per heavy atom. The maximum atomic E-state index is 11.6. The zero-order chi connectivity index (χ0) is 14.3. The molecule has 0 aliphatic heterocycles. The summed E-state index contributed by atoms with van der Waals surface area (Å²) in [6, 6.07) is 7.20. The molecule has 0 aliphatic carbocycles. The molecule has 2 N–H and O–H groups in total. The normalized spacial score (nSPS) is 11.3. The summed E-state index contributed by atoms with van der Waals surface area (Å²) in [5.41, 5.74) is 1.66. The van der Waals surface area contributed by atoms with Crippen LogP contribution in [0.3, 0.4) is 0 Å². The molecule has 0 heterocycles. The first kappa shape index (κ1) is 14.8. The van der Waals surface area contributed by atoms with Crippen molar-refractivity contribution in [2.45, 2.75) is 20.8 Å². The fraction of sp³-hybridized carbons (Fsp3) is 0.429. The van der Waals surface area contributed by atoms with E-state index in [1.54, 1.807) is 13.0 Å². The van der Waals surface area contributed by atoms with Crippen LogP contribution in [0.4, 0.5) is 10.5 Å². The van der Waals surface area contributed by atoms with E-state index in [0.29, 0.717) is 18.8 Å². The lowest BCUT2D eigenvalue weighted by Gasteiger charge is -2.11. The van der Waals surface area contributed by atoms with Crippen LogP contribution in [0.5, 0.6) is 5.75 Å². The molecule has 1 aromatic carbocycles. The Labute approximate surface area is 113 Å². The molecule has 0 fully saturated rings. The quantitative estimate of drug-likeness (QED) is 0.855. The van der Waals surface area contributed by atoms with E-state index in [1.807, 2.05) is 26.0 Å². The zero-order valence-corrected chi connectivity index (χ0v) is 11.5. The van der Waals surface area contributed by atoms with Crippen molar-refractivity contribution >= 4 is 11.7 Å². The molecule has 2 amide bonds. The fourth-order valence-electron chi connectivity index (χ4n) is 1.51. The van der Waals surface area contributed by atoms with Gasteiger partial charge in [0.25, 0.3) is 0 Å². The molecular formula is C14H19N3O2. The number of urea groups is 1. The number of hydrogen-bond acceptors (Lipinski definition) is 3. The number of amides is 2. The number of nitrogens with one attached hydrogen (secondary N) is 2. The number of aryl methyl sites for hydroxylation is 1. The Bertz CT molecular complexity index is 480. The van der Waals surface area contributed by atoms with Crippen LogP contribution in [0.25, 0.3) is 0 Å². The summed E-state index contributed by atoms with van der Waals surface area (Å²) in [4.78, 5) is 11.6. The van der Waals surface area contributed by atoms with E-state index in [2.05, 4.69) is 16.7 Å². The first-order valence-electron chi connectivity index (χ1n) is 6.24. The van der Waals surface area contributed by atoms with Crippen LogP contribution in [-0.2, 0) is 0 Å². The molecule has 5 heteroatoms. The second-order valence-electron chi connectivity index (χ2n) is 4.28. The molecule has 0 spiro atoms. The topological polar surface area (TPSA) is 74.2 Å². The first-order chi connectivity index (χ1) is 9.06. The molecule has 102 valence electrons. The molecule has 1 aromatic rings. The van der Waals surface area contributed by atoms with Crippen molar-refractivity contribution in [1.29, 1.82) is 5.26 Å². The molecule has 0 aliphatic rings. The van der Waals surface area contributed by atoms with Gasteiger partial charge in [-0.3, -0.25) is 0 Å². The molecule has 0 unspecified atom stereocenters. The number of benzene rings is 1. The van der Waals surface area contributed by atoms with Gasteiger partial charge in [0.1, 0.15) is 5.75 Å². The largest absolute Gasteiger partial charge is 0.494 e. The Morgan fingerprint density at radius 3 is 2.84 bits per heavy atom. The van der Waals surface area contributed by atoms with E-state index in [4.69, 9.17) is 10.00 Å². The van der Waals surface area contributed by atoms with Crippen LogP contribution in [0.2, 0.25) is 0 Å². The Morgan fingerprint density at radius 2 is 2.26 bits per heavy atom. The highest BCUT2D eigenvalue weighted by Crippen LogP contribution is 2.21. The third-order valence-corrected chi connectivity index (χ3v) is 2.52. The first-order valence-corrected chi connectivity index (χ1v) is 6.24. The Kier molecular flexibility index (Phi) is 5.68. The van der Waals surface area contributed by atoms with Crippen LogP contribution in [-0.4, -0.2) is 19.2 Å². The number of nitriles is 1. The minimum absolute atomic E-state index is 0.201. The zero-order valence-electron chi connectivity index (χ0n) is 11.5. The van der Waals surface area contributed by atoms with Gasteiger partial charge in [0.15, 0.2) is 0 Å². The van der Waals surface area contributed by atoms with Crippen molar-refractivity contribution in [3.8, 4) is 11.8 Å². The van der Waals surface area contributed by atoms with Gasteiger partial charge in [-0.2, -0.15) is 5.26 Å². The van der Waals surface area contributed by atoms with Crippen molar-refractivity contribution in [2.75, 3.05) is 18.5 Å². The van der Waals surface area contributed by atoms with E-state index in [0.717, 1.165) is 11.3 Å². The number of carbonyl (C=O) groups is 1. The second kappa shape index (κ2) is 7.27. The minimum Gasteiger partial charge on any atom is -0.494 e. The summed E-state index contributed by atoms with van der Waals surface area (Å²) in [5, 5.41) is 14.0. The highest BCUT2D eigenvalue weighted by Gasteiger charge is 2.06. The van der Waals surface area contributed by atoms with Crippen molar-refractivity contribution in [1.82, 2.24) is 5.32 Å². The van der Waals surface area contributed by atoms with E-state index in [9.17, 15) is 4.79 Å². The minimum atomic E-state index is -0.314. The summed E-state index contributed by atoms with van der Waals surface area (Å²) in [5.74, 6) is 0.611. The van der Waals surface area contributed by atoms with E-state index < -0.39 is 0 Å². The number of anilines is 1. The van der Waals surface area contributed by atoms with Gasteiger partial charge in [-0.05, 0) is 44.5 Å². The lowest BCUT2D eigenvalue weighted by molar-refractivity contribution is 0.251. The Balaban J connectivity index is 2.55. The van der Waals surface area contributed by atoms with Crippen LogP contribution < -0.4 is 15.4 Å². The predicted molar refractivity (Wildman–Crippen MR) is 74.1 cm³/mol. The van der Waals surface area contributed by atoms with Gasteiger partial charge in [-0.25, -0.2) is 4.79 Å². The lowest BCUT2D eigenvalue weighted by Crippen LogP contribution is -2.32. The monoisotopic (exact) mass is 261 g/mol. The van der Waals surface area contributed by atoms with Gasteiger partial charge >= 0.3 is 6.03 Å². The van der Waals surface area contributed by atoms with Crippen LogP contribution in [0.1, 0.15) is 19.4 Å². The lowest BCUT2D eigenvalue weighted by atomic mass is 10.2. The van der Waals surface area contributed by atoms with Crippen LogP contribution >= 0.6 is 0 Å². The standard InChI is InChI=1S/C14H19N3O2/c1-4-19-13-6-5-12(7-11(13)3)17-14(18)16-9-10(2)8-15/h5-7,10H,4,9H2,1-3H3,(H2,16,17,18)/t10-/m0/s1. The van der Waals surface area contributed by atoms with Gasteiger partial charge in [0, 0.05) is 12.2 Å². The van der Waals surface area contributed by atoms with Crippen LogP contribution in [0.15, 0.2) is 18.2 Å². The highest BCUT2D eigenvalue weighted by atomic mass is 16.5. The van der Waals surface area contributed by atoms with E-state index >= 15 is 0 Å². The number of hydrogen-bond donors (Lipinski definition) is 2. The molecule has 0 bridgehead atoms. The number of rotatable bonds is 5. The average Bonchev–Trinajstić information content (AvgIpc) is 2.39. The smallest absolute Gasteiger partial charge is 0.319 e. The summed E-state index contributed by atoms with van der Waals surface area (Å²) in [6.07, 6.45) is 0. The third-order valence-electron chi connectivity index (χ3n) is 2.52. The second-order valence-corrected chi connectivity index (χ2v) is 4.28. The van der Waals surface area contributed by atoms with E-state index in [-0.39, 0.29) is 11.9 Å². The molecule has 0 saturated carbocycles. The van der Waals surface area contributed by atoms with Crippen LogP contribution in [0, 0.1) is 24.2 Å². The predicted octanol–water partition coefficient (Wildman–Crippen LogP) is 2.67. The summed E-state index contributed by atoms with van der Waals surface area (Å²) < 4.78 is 5.43. The van der Waals surface area contributed by atoms with Gasteiger partial charge in [-0.1, -0.05) is 0 Å². The van der Waals surface area contributed by atoms with Crippen molar-refractivity contribution in [3.05, 3.63) is 23.8 Å². The third kappa shape index (κ3) is 4.88. The van der Waals surface area contributed by atoms with Gasteiger partial charge in [-0.15, -0.1) is 0 Å². The molecule has 0 saturated heterocycles. The molecule has 19 heavy (non-hydrogen) atoms. The van der Waals surface area contributed by atoms with Crippen molar-refractivity contribution in [3.63, 3.8) is 0 Å². The fourth-order valence-corrected chi connectivity index (χ4v) is 1.51. The van der Waals surface area contributed by atoms with Gasteiger partial charge in [0.05, 0.1) is 18.6 Å². The van der Waals surface area contributed by atoms with Gasteiger partial charge in [0.2, 0.25) is 0 Å². The average molecular weight is 261 g/mol. The summed E-state index contributed by atoms with van der Waals surface area (Å²) in [6.45, 7) is 6.54. The summed E-state index contributed by atoms with van der Waals surface area (Å²) >= 11 is 0. The van der Waals surface area contributed by atoms with Gasteiger partial charge < -0.3 is 15.4 Å². The number of carbonyl (C=O) groups excluding carboxylic acids is 1. The summed E-state index contributed by atoms with van der Waals surface area (Å²) in [7, 11) is 0. The molecule has 5 nitrogen and oxygen atoms in total. The molecule has 0 radical (unpaired) electrons. The maximum Gasteiger partial charge on any atom is 0.319 e. The van der Waals surface area contributed by atoms with E-state index in [1.165, 1.54) is 0 Å². The SMILES string of the molecule is CCOc1ccc(NC(=O)NC[C@@H](C)C#N)cc1C. The molecule has 1 atom stereocenters. The van der Waals surface area contributed by atoms with Crippen molar-refractivity contribution in [2.24, 2.45) is 5.92 Å².